The molecule has 7 heteroatoms. The lowest BCUT2D eigenvalue weighted by Gasteiger charge is -2.00. The van der Waals surface area contributed by atoms with Crippen LogP contribution < -0.4 is 10.1 Å². The summed E-state index contributed by atoms with van der Waals surface area (Å²) in [7, 11) is 1.69. The zero-order chi connectivity index (χ0) is 13.3. The molecule has 0 radical (unpaired) electrons. The van der Waals surface area contributed by atoms with Crippen molar-refractivity contribution >= 4 is 22.7 Å². The predicted octanol–water partition coefficient (Wildman–Crippen LogP) is 1.96. The quantitative estimate of drug-likeness (QED) is 0.717. The summed E-state index contributed by atoms with van der Waals surface area (Å²) in [4.78, 5) is 1.32. The number of hydrogen-bond acceptors (Lipinski definition) is 7. The summed E-state index contributed by atoms with van der Waals surface area (Å²) < 4.78 is 10.5. The van der Waals surface area contributed by atoms with Crippen LogP contribution in [0, 0.1) is 0 Å². The predicted molar refractivity (Wildman–Crippen MR) is 77.0 cm³/mol. The van der Waals surface area contributed by atoms with E-state index >= 15 is 0 Å². The molecular weight excluding hydrogens is 282 g/mol. The molecule has 0 aliphatic rings. The topological polar surface area (TPSA) is 56.3 Å². The molecule has 2 heterocycles. The normalized spacial score (nSPS) is 10.8. The first-order chi connectivity index (χ1) is 9.38. The zero-order valence-electron chi connectivity index (χ0n) is 10.8. The number of nitrogens with one attached hydrogen (secondary N) is 1. The van der Waals surface area contributed by atoms with Crippen LogP contribution in [0.5, 0.6) is 5.19 Å². The molecule has 104 valence electrons. The van der Waals surface area contributed by atoms with E-state index in [-0.39, 0.29) is 0 Å². The average Bonchev–Trinajstić information content (AvgIpc) is 3.07. The van der Waals surface area contributed by atoms with Gasteiger partial charge in [-0.05, 0) is 11.4 Å². The zero-order valence-corrected chi connectivity index (χ0v) is 12.4. The molecule has 0 saturated heterocycles. The third kappa shape index (κ3) is 5.23. The van der Waals surface area contributed by atoms with E-state index in [4.69, 9.17) is 9.47 Å². The lowest BCUT2D eigenvalue weighted by atomic mass is 10.4. The fourth-order valence-corrected chi connectivity index (χ4v) is 2.80. The van der Waals surface area contributed by atoms with Gasteiger partial charge in [0.05, 0.1) is 13.2 Å². The maximum absolute atomic E-state index is 5.59. The highest BCUT2D eigenvalue weighted by Crippen LogP contribution is 2.18. The molecule has 0 amide bonds. The van der Waals surface area contributed by atoms with E-state index in [2.05, 4.69) is 33.0 Å². The standard InChI is InChI=1S/C12H17N3O2S2/c1-16-7-5-13-9-11-14-15-12(19-11)17-6-4-10-3-2-8-18-10/h2-3,8,13H,4-7,9H2,1H3. The van der Waals surface area contributed by atoms with E-state index in [0.29, 0.717) is 25.0 Å². The molecule has 2 aromatic rings. The highest BCUT2D eigenvalue weighted by Gasteiger charge is 2.05. The Hall–Kier alpha value is -1.02. The molecule has 0 spiro atoms. The molecule has 1 N–H and O–H groups in total. The van der Waals surface area contributed by atoms with Gasteiger partial charge in [-0.3, -0.25) is 0 Å². The maximum atomic E-state index is 5.59. The van der Waals surface area contributed by atoms with Gasteiger partial charge in [0.15, 0.2) is 0 Å². The second-order valence-electron chi connectivity index (χ2n) is 3.81. The van der Waals surface area contributed by atoms with Gasteiger partial charge < -0.3 is 14.8 Å². The minimum atomic E-state index is 0.639. The van der Waals surface area contributed by atoms with Crippen LogP contribution in [-0.2, 0) is 17.7 Å². The van der Waals surface area contributed by atoms with Crippen molar-refractivity contribution in [1.29, 1.82) is 0 Å². The molecule has 0 fully saturated rings. The van der Waals surface area contributed by atoms with E-state index in [0.717, 1.165) is 18.0 Å². The van der Waals surface area contributed by atoms with Crippen LogP contribution in [0.2, 0.25) is 0 Å². The highest BCUT2D eigenvalue weighted by atomic mass is 32.1. The van der Waals surface area contributed by atoms with E-state index < -0.39 is 0 Å². The summed E-state index contributed by atoms with van der Waals surface area (Å²) in [6.45, 7) is 2.86. The minimum absolute atomic E-state index is 0.639. The third-order valence-electron chi connectivity index (χ3n) is 2.36. The van der Waals surface area contributed by atoms with Crippen molar-refractivity contribution in [2.75, 3.05) is 26.9 Å². The lowest BCUT2D eigenvalue weighted by molar-refractivity contribution is 0.199. The van der Waals surface area contributed by atoms with Crippen LogP contribution >= 0.6 is 22.7 Å². The third-order valence-corrected chi connectivity index (χ3v) is 4.13. The Kier molecular flexibility index (Phi) is 6.22. The Labute approximate surface area is 120 Å². The smallest absolute Gasteiger partial charge is 0.294 e. The Morgan fingerprint density at radius 2 is 2.26 bits per heavy atom. The lowest BCUT2D eigenvalue weighted by Crippen LogP contribution is -2.18. The number of methoxy groups -OCH3 is 1. The van der Waals surface area contributed by atoms with Gasteiger partial charge in [0.25, 0.3) is 5.19 Å². The second-order valence-corrected chi connectivity index (χ2v) is 5.87. The molecule has 2 aromatic heterocycles. The molecule has 0 aliphatic heterocycles. The van der Waals surface area contributed by atoms with Crippen LogP contribution in [0.1, 0.15) is 9.88 Å². The van der Waals surface area contributed by atoms with Gasteiger partial charge in [-0.1, -0.05) is 17.4 Å². The SMILES string of the molecule is COCCNCc1nnc(OCCc2cccs2)s1. The minimum Gasteiger partial charge on any atom is -0.469 e. The largest absolute Gasteiger partial charge is 0.469 e. The molecule has 19 heavy (non-hydrogen) atoms. The number of thiophene rings is 1. The fourth-order valence-electron chi connectivity index (χ4n) is 1.43. The molecule has 0 saturated carbocycles. The van der Waals surface area contributed by atoms with Gasteiger partial charge in [0, 0.05) is 31.5 Å². The van der Waals surface area contributed by atoms with Crippen LogP contribution in [0.3, 0.4) is 0 Å². The van der Waals surface area contributed by atoms with Crippen LogP contribution in [0.4, 0.5) is 0 Å². The molecule has 0 aliphatic carbocycles. The monoisotopic (exact) mass is 299 g/mol. The number of rotatable bonds is 9. The van der Waals surface area contributed by atoms with Crippen molar-refractivity contribution in [3.8, 4) is 5.19 Å². The fraction of sp³-hybridized carbons (Fsp3) is 0.500. The molecule has 5 nitrogen and oxygen atoms in total. The van der Waals surface area contributed by atoms with Crippen molar-refractivity contribution in [3.63, 3.8) is 0 Å². The molecule has 0 atom stereocenters. The molecular formula is C12H17N3O2S2. The molecule has 2 rings (SSSR count). The number of nitrogens with zero attached hydrogens (tertiary/aromatic N) is 2. The first-order valence-corrected chi connectivity index (χ1v) is 7.75. The first-order valence-electron chi connectivity index (χ1n) is 6.05. The first kappa shape index (κ1) is 14.4. The van der Waals surface area contributed by atoms with E-state index in [9.17, 15) is 0 Å². The maximum Gasteiger partial charge on any atom is 0.294 e. The number of aromatic nitrogens is 2. The molecule has 0 aromatic carbocycles. The van der Waals surface area contributed by atoms with E-state index in [1.807, 2.05) is 0 Å². The summed E-state index contributed by atoms with van der Waals surface area (Å²) in [6.07, 6.45) is 0.915. The van der Waals surface area contributed by atoms with Gasteiger partial charge in [-0.15, -0.1) is 21.5 Å². The summed E-state index contributed by atoms with van der Waals surface area (Å²) >= 11 is 3.23. The summed E-state index contributed by atoms with van der Waals surface area (Å²) in [6, 6.07) is 4.16. The van der Waals surface area contributed by atoms with E-state index in [1.165, 1.54) is 16.2 Å². The van der Waals surface area contributed by atoms with E-state index in [1.54, 1.807) is 18.4 Å². The van der Waals surface area contributed by atoms with Gasteiger partial charge in [-0.2, -0.15) is 0 Å². The highest BCUT2D eigenvalue weighted by molar-refractivity contribution is 7.13. The Balaban J connectivity index is 1.65. The Morgan fingerprint density at radius 1 is 1.32 bits per heavy atom. The summed E-state index contributed by atoms with van der Waals surface area (Å²) in [5.41, 5.74) is 0. The molecule has 0 bridgehead atoms. The summed E-state index contributed by atoms with van der Waals surface area (Å²) in [5, 5.41) is 15.0. The van der Waals surface area contributed by atoms with Gasteiger partial charge in [-0.25, -0.2) is 0 Å². The number of hydrogen-bond donors (Lipinski definition) is 1. The van der Waals surface area contributed by atoms with Crippen LogP contribution in [-0.4, -0.2) is 37.1 Å². The van der Waals surface area contributed by atoms with Crippen LogP contribution in [0.15, 0.2) is 17.5 Å². The van der Waals surface area contributed by atoms with Crippen molar-refractivity contribution < 1.29 is 9.47 Å². The Bertz CT molecular complexity index is 459. The van der Waals surface area contributed by atoms with Crippen molar-refractivity contribution in [2.45, 2.75) is 13.0 Å². The molecule has 0 unspecified atom stereocenters. The Morgan fingerprint density at radius 3 is 3.05 bits per heavy atom. The summed E-state index contributed by atoms with van der Waals surface area (Å²) in [5.74, 6) is 0. The van der Waals surface area contributed by atoms with Crippen molar-refractivity contribution in [1.82, 2.24) is 15.5 Å². The van der Waals surface area contributed by atoms with Gasteiger partial charge >= 0.3 is 0 Å². The van der Waals surface area contributed by atoms with Crippen LogP contribution in [0.25, 0.3) is 0 Å². The van der Waals surface area contributed by atoms with Crippen molar-refractivity contribution in [3.05, 3.63) is 27.4 Å². The second kappa shape index (κ2) is 8.21. The van der Waals surface area contributed by atoms with Gasteiger partial charge in [0.2, 0.25) is 0 Å². The van der Waals surface area contributed by atoms with Crippen molar-refractivity contribution in [2.24, 2.45) is 0 Å². The van der Waals surface area contributed by atoms with Gasteiger partial charge in [0.1, 0.15) is 5.01 Å². The average molecular weight is 299 g/mol. The number of ether oxygens (including phenoxy) is 2.